The molecule has 0 saturated heterocycles. The van der Waals surface area contributed by atoms with Gasteiger partial charge in [0.2, 0.25) is 0 Å². The maximum Gasteiger partial charge on any atom is 0.161 e. The number of aromatic nitrogens is 6. The van der Waals surface area contributed by atoms with Gasteiger partial charge in [-0.05, 0) is 25.1 Å². The second-order valence-electron chi connectivity index (χ2n) is 5.46. The molecule has 0 amide bonds. The highest BCUT2D eigenvalue weighted by atomic mass is 16.5. The summed E-state index contributed by atoms with van der Waals surface area (Å²) in [7, 11) is 3.52. The Balaban J connectivity index is 2.04. The van der Waals surface area contributed by atoms with Crippen LogP contribution in [0.5, 0.6) is 5.75 Å². The molecule has 3 aromatic heterocycles. The second kappa shape index (κ2) is 5.45. The predicted molar refractivity (Wildman–Crippen MR) is 90.2 cm³/mol. The molecule has 0 aliphatic carbocycles. The van der Waals surface area contributed by atoms with Crippen LogP contribution in [0.2, 0.25) is 0 Å². The fourth-order valence-electron chi connectivity index (χ4n) is 2.78. The van der Waals surface area contributed by atoms with Crippen molar-refractivity contribution < 1.29 is 4.74 Å². The highest BCUT2D eigenvalue weighted by Gasteiger charge is 2.16. The lowest BCUT2D eigenvalue weighted by Crippen LogP contribution is -2.02. The average molecular weight is 320 g/mol. The van der Waals surface area contributed by atoms with Crippen molar-refractivity contribution in [3.63, 3.8) is 0 Å². The summed E-state index contributed by atoms with van der Waals surface area (Å²) in [6.45, 7) is 1.88. The first-order chi connectivity index (χ1) is 11.7. The minimum Gasteiger partial charge on any atom is -0.497 e. The molecule has 0 saturated carbocycles. The summed E-state index contributed by atoms with van der Waals surface area (Å²) in [5, 5.41) is 9.57. The number of benzene rings is 1. The predicted octanol–water partition coefficient (Wildman–Crippen LogP) is 2.53. The topological polar surface area (TPSA) is 70.7 Å². The molecule has 24 heavy (non-hydrogen) atoms. The Bertz CT molecular complexity index is 1020. The van der Waals surface area contributed by atoms with Gasteiger partial charge in [0.25, 0.3) is 0 Å². The van der Waals surface area contributed by atoms with Gasteiger partial charge in [0.05, 0.1) is 30.1 Å². The van der Waals surface area contributed by atoms with E-state index in [1.54, 1.807) is 28.9 Å². The molecule has 0 radical (unpaired) electrons. The molecule has 4 aromatic rings. The van der Waals surface area contributed by atoms with Gasteiger partial charge in [0.1, 0.15) is 11.6 Å². The van der Waals surface area contributed by atoms with Crippen molar-refractivity contribution in [2.45, 2.75) is 6.92 Å². The molecule has 0 atom stereocenters. The van der Waals surface area contributed by atoms with Crippen LogP contribution < -0.4 is 4.74 Å². The molecule has 120 valence electrons. The van der Waals surface area contributed by atoms with Crippen molar-refractivity contribution in [3.05, 3.63) is 48.7 Å². The molecule has 0 bridgehead atoms. The van der Waals surface area contributed by atoms with Gasteiger partial charge in [0.15, 0.2) is 5.65 Å². The largest absolute Gasteiger partial charge is 0.497 e. The first kappa shape index (κ1) is 14.4. The molecule has 0 unspecified atom stereocenters. The highest BCUT2D eigenvalue weighted by molar-refractivity contribution is 5.92. The number of nitrogens with zero attached hydrogens (tertiary/aromatic N) is 6. The van der Waals surface area contributed by atoms with Crippen LogP contribution in [0.1, 0.15) is 5.82 Å². The standard InChI is InChI=1S/C17H16N6O/c1-11-20-16(14-10-19-22(2)17(14)21-11)13-6-5-12(24-3)9-15(13)23-8-4-7-18-23/h4-10H,1-3H3. The third kappa shape index (κ3) is 2.21. The second-order valence-corrected chi connectivity index (χ2v) is 5.46. The quantitative estimate of drug-likeness (QED) is 0.580. The maximum absolute atomic E-state index is 5.37. The molecular weight excluding hydrogens is 304 g/mol. The minimum atomic E-state index is 0.698. The third-order valence-electron chi connectivity index (χ3n) is 3.92. The van der Waals surface area contributed by atoms with E-state index in [0.29, 0.717) is 5.82 Å². The van der Waals surface area contributed by atoms with Gasteiger partial charge in [-0.1, -0.05) is 0 Å². The van der Waals surface area contributed by atoms with Crippen molar-refractivity contribution in [1.82, 2.24) is 29.5 Å². The summed E-state index contributed by atoms with van der Waals surface area (Å²) < 4.78 is 8.93. The Morgan fingerprint density at radius 1 is 1.12 bits per heavy atom. The molecule has 1 aromatic carbocycles. The Labute approximate surface area is 138 Å². The monoisotopic (exact) mass is 320 g/mol. The van der Waals surface area contributed by atoms with E-state index in [4.69, 9.17) is 4.74 Å². The van der Waals surface area contributed by atoms with E-state index < -0.39 is 0 Å². The van der Waals surface area contributed by atoms with Crippen molar-refractivity contribution in [1.29, 1.82) is 0 Å². The molecule has 7 heteroatoms. The Kier molecular flexibility index (Phi) is 3.26. The number of ether oxygens (including phenoxy) is 1. The zero-order valence-corrected chi connectivity index (χ0v) is 13.6. The van der Waals surface area contributed by atoms with E-state index in [0.717, 1.165) is 33.7 Å². The van der Waals surface area contributed by atoms with E-state index in [1.165, 1.54) is 0 Å². The van der Waals surface area contributed by atoms with E-state index in [1.807, 2.05) is 44.4 Å². The normalized spacial score (nSPS) is 11.1. The summed E-state index contributed by atoms with van der Waals surface area (Å²) in [4.78, 5) is 9.15. The minimum absolute atomic E-state index is 0.698. The van der Waals surface area contributed by atoms with Gasteiger partial charge in [-0.2, -0.15) is 10.2 Å². The lowest BCUT2D eigenvalue weighted by molar-refractivity contribution is 0.414. The molecule has 0 aliphatic heterocycles. The van der Waals surface area contributed by atoms with Crippen LogP contribution in [0.3, 0.4) is 0 Å². The summed E-state index contributed by atoms with van der Waals surface area (Å²) >= 11 is 0. The van der Waals surface area contributed by atoms with Gasteiger partial charge < -0.3 is 4.74 Å². The first-order valence-electron chi connectivity index (χ1n) is 7.52. The van der Waals surface area contributed by atoms with Crippen LogP contribution in [0.15, 0.2) is 42.9 Å². The van der Waals surface area contributed by atoms with E-state index in [2.05, 4.69) is 20.2 Å². The van der Waals surface area contributed by atoms with Crippen LogP contribution in [-0.2, 0) is 7.05 Å². The number of rotatable bonds is 3. The van der Waals surface area contributed by atoms with Gasteiger partial charge in [-0.15, -0.1) is 0 Å². The molecule has 0 aliphatic rings. The van der Waals surface area contributed by atoms with Gasteiger partial charge in [-0.3, -0.25) is 4.68 Å². The molecule has 0 spiro atoms. The van der Waals surface area contributed by atoms with Crippen LogP contribution in [0.25, 0.3) is 28.0 Å². The summed E-state index contributed by atoms with van der Waals surface area (Å²) in [5.74, 6) is 1.46. The van der Waals surface area contributed by atoms with Crippen LogP contribution in [0.4, 0.5) is 0 Å². The Morgan fingerprint density at radius 3 is 2.75 bits per heavy atom. The smallest absolute Gasteiger partial charge is 0.161 e. The van der Waals surface area contributed by atoms with E-state index >= 15 is 0 Å². The molecule has 0 fully saturated rings. The number of aryl methyl sites for hydroxylation is 2. The highest BCUT2D eigenvalue weighted by Crippen LogP contribution is 2.32. The van der Waals surface area contributed by atoms with Crippen molar-refractivity contribution in [2.75, 3.05) is 7.11 Å². The van der Waals surface area contributed by atoms with Gasteiger partial charge in [-0.25, -0.2) is 14.6 Å². The summed E-state index contributed by atoms with van der Waals surface area (Å²) in [5.41, 5.74) is 3.48. The zero-order valence-electron chi connectivity index (χ0n) is 13.6. The zero-order chi connectivity index (χ0) is 16.7. The molecule has 3 heterocycles. The lowest BCUT2D eigenvalue weighted by Gasteiger charge is -2.12. The average Bonchev–Trinajstić information content (AvgIpc) is 3.24. The first-order valence-corrected chi connectivity index (χ1v) is 7.52. The summed E-state index contributed by atoms with van der Waals surface area (Å²) in [6, 6.07) is 7.74. The number of hydrogen-bond donors (Lipinski definition) is 0. The molecule has 7 nitrogen and oxygen atoms in total. The number of fused-ring (bicyclic) bond motifs is 1. The van der Waals surface area contributed by atoms with Gasteiger partial charge >= 0.3 is 0 Å². The van der Waals surface area contributed by atoms with Crippen molar-refractivity contribution in [3.8, 4) is 22.7 Å². The molecule has 0 N–H and O–H groups in total. The number of hydrogen-bond acceptors (Lipinski definition) is 5. The van der Waals surface area contributed by atoms with Crippen LogP contribution in [-0.4, -0.2) is 36.6 Å². The summed E-state index contributed by atoms with van der Waals surface area (Å²) in [6.07, 6.45) is 5.43. The number of methoxy groups -OCH3 is 1. The van der Waals surface area contributed by atoms with E-state index in [-0.39, 0.29) is 0 Å². The maximum atomic E-state index is 5.37. The van der Waals surface area contributed by atoms with Crippen molar-refractivity contribution in [2.24, 2.45) is 7.05 Å². The fraction of sp³-hybridized carbons (Fsp3) is 0.176. The third-order valence-corrected chi connectivity index (χ3v) is 3.92. The SMILES string of the molecule is COc1ccc(-c2nc(C)nc3c2cnn3C)c(-n2cccn2)c1. The molecule has 4 rings (SSSR count). The van der Waals surface area contributed by atoms with Gasteiger partial charge in [0, 0.05) is 31.1 Å². The van der Waals surface area contributed by atoms with E-state index in [9.17, 15) is 0 Å². The molecular formula is C17H16N6O. The van der Waals surface area contributed by atoms with Crippen LogP contribution >= 0.6 is 0 Å². The Hall–Kier alpha value is -3.22. The van der Waals surface area contributed by atoms with Crippen LogP contribution in [0, 0.1) is 6.92 Å². The fourth-order valence-corrected chi connectivity index (χ4v) is 2.78. The lowest BCUT2D eigenvalue weighted by atomic mass is 10.1. The van der Waals surface area contributed by atoms with Crippen molar-refractivity contribution >= 4 is 11.0 Å². The Morgan fingerprint density at radius 2 is 2.00 bits per heavy atom.